The molecule has 17 heavy (non-hydrogen) atoms. The van der Waals surface area contributed by atoms with Crippen LogP contribution in [-0.4, -0.2) is 25.7 Å². The molecule has 94 valence electrons. The Bertz CT molecular complexity index is 312. The predicted octanol–water partition coefficient (Wildman–Crippen LogP) is 1.61. The Labute approximate surface area is 102 Å². The first-order valence-electron chi connectivity index (χ1n) is 6.54. The average molecular weight is 236 g/mol. The highest BCUT2D eigenvalue weighted by Crippen LogP contribution is 2.31. The summed E-state index contributed by atoms with van der Waals surface area (Å²) in [4.78, 5) is 12.0. The smallest absolute Gasteiger partial charge is 0.240 e. The molecule has 0 aromatic carbocycles. The quantitative estimate of drug-likeness (QED) is 0.806. The summed E-state index contributed by atoms with van der Waals surface area (Å²) >= 11 is 0. The highest BCUT2D eigenvalue weighted by Gasteiger charge is 2.40. The summed E-state index contributed by atoms with van der Waals surface area (Å²) < 4.78 is 5.21. The van der Waals surface area contributed by atoms with Gasteiger partial charge in [0.15, 0.2) is 0 Å². The van der Waals surface area contributed by atoms with E-state index in [2.05, 4.69) is 11.4 Å². The van der Waals surface area contributed by atoms with Crippen LogP contribution in [0.25, 0.3) is 0 Å². The molecule has 0 bridgehead atoms. The van der Waals surface area contributed by atoms with Gasteiger partial charge in [-0.3, -0.25) is 4.79 Å². The van der Waals surface area contributed by atoms with Crippen molar-refractivity contribution in [3.63, 3.8) is 0 Å². The molecule has 2 fully saturated rings. The molecule has 1 aliphatic heterocycles. The molecule has 2 aliphatic rings. The summed E-state index contributed by atoms with van der Waals surface area (Å²) in [5.74, 6) is 0.700. The third-order valence-corrected chi connectivity index (χ3v) is 4.06. The summed E-state index contributed by atoms with van der Waals surface area (Å²) in [6.45, 7) is 1.75. The summed E-state index contributed by atoms with van der Waals surface area (Å²) in [6.07, 6.45) is 6.04. The van der Waals surface area contributed by atoms with Crippen molar-refractivity contribution in [1.82, 2.24) is 5.32 Å². The van der Waals surface area contributed by atoms with E-state index >= 15 is 0 Å². The van der Waals surface area contributed by atoms with Crippen molar-refractivity contribution in [3.05, 3.63) is 0 Å². The zero-order valence-corrected chi connectivity index (χ0v) is 10.2. The number of carbonyl (C=O) groups excluding carboxylic acids is 1. The van der Waals surface area contributed by atoms with Crippen molar-refractivity contribution in [2.75, 3.05) is 19.8 Å². The third kappa shape index (κ3) is 2.78. The van der Waals surface area contributed by atoms with E-state index in [0.717, 1.165) is 12.3 Å². The van der Waals surface area contributed by atoms with Crippen LogP contribution in [-0.2, 0) is 9.53 Å². The third-order valence-electron chi connectivity index (χ3n) is 4.06. The number of ether oxygens (including phenoxy) is 1. The van der Waals surface area contributed by atoms with E-state index in [0.29, 0.717) is 32.6 Å². The molecule has 4 nitrogen and oxygen atoms in total. The average Bonchev–Trinajstić information content (AvgIpc) is 2.33. The first-order chi connectivity index (χ1) is 8.27. The SMILES string of the molecule is N#CC1(C(=O)NCCC2CCC2)CCOCC1. The van der Waals surface area contributed by atoms with Crippen molar-refractivity contribution >= 4 is 5.91 Å². The zero-order chi connectivity index (χ0) is 12.1. The van der Waals surface area contributed by atoms with Gasteiger partial charge in [-0.1, -0.05) is 19.3 Å². The first-order valence-corrected chi connectivity index (χ1v) is 6.54. The van der Waals surface area contributed by atoms with Crippen molar-refractivity contribution < 1.29 is 9.53 Å². The van der Waals surface area contributed by atoms with Crippen LogP contribution in [0.3, 0.4) is 0 Å². The molecule has 1 aliphatic carbocycles. The van der Waals surface area contributed by atoms with Gasteiger partial charge in [0.2, 0.25) is 5.91 Å². The Morgan fingerprint density at radius 1 is 1.41 bits per heavy atom. The highest BCUT2D eigenvalue weighted by molar-refractivity contribution is 5.85. The maximum absolute atomic E-state index is 12.0. The monoisotopic (exact) mass is 236 g/mol. The Morgan fingerprint density at radius 2 is 2.12 bits per heavy atom. The molecule has 4 heteroatoms. The molecular formula is C13H20N2O2. The molecule has 0 radical (unpaired) electrons. The zero-order valence-electron chi connectivity index (χ0n) is 10.2. The topological polar surface area (TPSA) is 62.1 Å². The van der Waals surface area contributed by atoms with Crippen LogP contribution in [0.4, 0.5) is 0 Å². The molecule has 1 saturated heterocycles. The van der Waals surface area contributed by atoms with E-state index < -0.39 is 5.41 Å². The number of amides is 1. The minimum atomic E-state index is -0.835. The van der Waals surface area contributed by atoms with Gasteiger partial charge in [-0.2, -0.15) is 5.26 Å². The minimum absolute atomic E-state index is 0.0948. The summed E-state index contributed by atoms with van der Waals surface area (Å²) in [6, 6.07) is 2.19. The molecular weight excluding hydrogens is 216 g/mol. The van der Waals surface area contributed by atoms with Crippen molar-refractivity contribution in [1.29, 1.82) is 5.26 Å². The first kappa shape index (κ1) is 12.4. The van der Waals surface area contributed by atoms with Crippen molar-refractivity contribution in [2.45, 2.75) is 38.5 Å². The van der Waals surface area contributed by atoms with Crippen LogP contribution >= 0.6 is 0 Å². The minimum Gasteiger partial charge on any atom is -0.381 e. The van der Waals surface area contributed by atoms with E-state index in [1.165, 1.54) is 19.3 Å². The highest BCUT2D eigenvalue weighted by atomic mass is 16.5. The molecule has 0 aromatic rings. The van der Waals surface area contributed by atoms with E-state index in [-0.39, 0.29) is 5.91 Å². The van der Waals surface area contributed by atoms with Crippen molar-refractivity contribution in [3.8, 4) is 6.07 Å². The molecule has 0 spiro atoms. The largest absolute Gasteiger partial charge is 0.381 e. The fourth-order valence-corrected chi connectivity index (χ4v) is 2.45. The molecule has 1 amide bonds. The van der Waals surface area contributed by atoms with E-state index in [1.54, 1.807) is 0 Å². The maximum atomic E-state index is 12.0. The lowest BCUT2D eigenvalue weighted by atomic mass is 9.80. The number of hydrogen-bond donors (Lipinski definition) is 1. The van der Waals surface area contributed by atoms with Crippen LogP contribution in [0.5, 0.6) is 0 Å². The number of carbonyl (C=O) groups is 1. The second-order valence-corrected chi connectivity index (χ2v) is 5.15. The van der Waals surface area contributed by atoms with Gasteiger partial charge in [0.05, 0.1) is 6.07 Å². The number of nitrogens with one attached hydrogen (secondary N) is 1. The number of nitrogens with zero attached hydrogens (tertiary/aromatic N) is 1. The Balaban J connectivity index is 1.78. The van der Waals surface area contributed by atoms with Gasteiger partial charge in [-0.15, -0.1) is 0 Å². The van der Waals surface area contributed by atoms with Crippen LogP contribution in [0.1, 0.15) is 38.5 Å². The van der Waals surface area contributed by atoms with E-state index in [4.69, 9.17) is 4.74 Å². The van der Waals surface area contributed by atoms with Gasteiger partial charge in [0.25, 0.3) is 0 Å². The summed E-state index contributed by atoms with van der Waals surface area (Å²) in [7, 11) is 0. The standard InChI is InChI=1S/C13H20N2O2/c14-10-13(5-8-17-9-6-13)12(16)15-7-4-11-2-1-3-11/h11H,1-9H2,(H,15,16). The van der Waals surface area contributed by atoms with Crippen LogP contribution in [0.15, 0.2) is 0 Å². The number of rotatable bonds is 4. The second-order valence-electron chi connectivity index (χ2n) is 5.15. The lowest BCUT2D eigenvalue weighted by Crippen LogP contribution is -2.44. The molecule has 0 aromatic heterocycles. The van der Waals surface area contributed by atoms with Crippen LogP contribution in [0.2, 0.25) is 0 Å². The molecule has 0 unspecified atom stereocenters. The molecule has 1 heterocycles. The fraction of sp³-hybridized carbons (Fsp3) is 0.846. The van der Waals surface area contributed by atoms with Gasteiger partial charge >= 0.3 is 0 Å². The summed E-state index contributed by atoms with van der Waals surface area (Å²) in [5.41, 5.74) is -0.835. The van der Waals surface area contributed by atoms with Gasteiger partial charge < -0.3 is 10.1 Å². The lowest BCUT2D eigenvalue weighted by molar-refractivity contribution is -0.132. The Kier molecular flexibility index (Phi) is 4.01. The van der Waals surface area contributed by atoms with E-state index in [9.17, 15) is 10.1 Å². The van der Waals surface area contributed by atoms with E-state index in [1.807, 2.05) is 0 Å². The van der Waals surface area contributed by atoms with Gasteiger partial charge in [-0.25, -0.2) is 0 Å². The lowest BCUT2D eigenvalue weighted by Gasteiger charge is -2.30. The number of nitriles is 1. The molecule has 1 N–H and O–H groups in total. The second kappa shape index (κ2) is 5.50. The fourth-order valence-electron chi connectivity index (χ4n) is 2.45. The summed E-state index contributed by atoms with van der Waals surface area (Å²) in [5, 5.41) is 12.1. The van der Waals surface area contributed by atoms with Gasteiger partial charge in [-0.05, 0) is 25.2 Å². The predicted molar refractivity (Wildman–Crippen MR) is 63.1 cm³/mol. The van der Waals surface area contributed by atoms with Crippen LogP contribution in [0, 0.1) is 22.7 Å². The van der Waals surface area contributed by atoms with Gasteiger partial charge in [0.1, 0.15) is 5.41 Å². The van der Waals surface area contributed by atoms with Crippen molar-refractivity contribution in [2.24, 2.45) is 11.3 Å². The molecule has 0 atom stereocenters. The Morgan fingerprint density at radius 3 is 2.65 bits per heavy atom. The molecule has 2 rings (SSSR count). The van der Waals surface area contributed by atoms with Crippen LogP contribution < -0.4 is 5.32 Å². The normalized spacial score (nSPS) is 23.5. The Hall–Kier alpha value is -1.08. The molecule has 1 saturated carbocycles. The van der Waals surface area contributed by atoms with Gasteiger partial charge in [0, 0.05) is 19.8 Å². The number of hydrogen-bond acceptors (Lipinski definition) is 3. The maximum Gasteiger partial charge on any atom is 0.240 e.